The number of ether oxygens (including phenoxy) is 1. The minimum Gasteiger partial charge on any atom is -0.489 e. The summed E-state index contributed by atoms with van der Waals surface area (Å²) in [5, 5.41) is 14.8. The Balaban J connectivity index is 1.18. The number of non-ortho nitro benzene ring substituents is 1. The first-order chi connectivity index (χ1) is 19.8. The van der Waals surface area contributed by atoms with E-state index < -0.39 is 14.9 Å². The number of hydrogen-bond acceptors (Lipinski definition) is 6. The van der Waals surface area contributed by atoms with Crippen molar-refractivity contribution in [2.45, 2.75) is 29.9 Å². The molecule has 10 heteroatoms. The van der Waals surface area contributed by atoms with E-state index >= 15 is 0 Å². The third-order valence-corrected chi connectivity index (χ3v) is 9.25. The summed E-state index contributed by atoms with van der Waals surface area (Å²) in [6.45, 7) is 0.303. The zero-order valence-electron chi connectivity index (χ0n) is 21.7. The zero-order chi connectivity index (χ0) is 28.6. The molecule has 0 saturated carbocycles. The van der Waals surface area contributed by atoms with Gasteiger partial charge in [-0.05, 0) is 83.6 Å². The van der Waals surface area contributed by atoms with Crippen molar-refractivity contribution in [2.75, 3.05) is 10.0 Å². The molecule has 4 aromatic carbocycles. The van der Waals surface area contributed by atoms with Gasteiger partial charge in [-0.15, -0.1) is 0 Å². The van der Waals surface area contributed by atoms with E-state index in [-0.39, 0.29) is 28.5 Å². The molecule has 3 atom stereocenters. The highest BCUT2D eigenvalue weighted by molar-refractivity contribution is 7.92. The number of rotatable bonds is 8. The molecule has 0 saturated heterocycles. The largest absolute Gasteiger partial charge is 0.489 e. The van der Waals surface area contributed by atoms with Gasteiger partial charge < -0.3 is 10.1 Å². The number of nitro benzene ring substituents is 1. The van der Waals surface area contributed by atoms with E-state index in [0.717, 1.165) is 28.8 Å². The van der Waals surface area contributed by atoms with E-state index in [9.17, 15) is 18.5 Å². The van der Waals surface area contributed by atoms with Crippen LogP contribution in [0.1, 0.15) is 35.1 Å². The molecule has 0 aromatic heterocycles. The van der Waals surface area contributed by atoms with Crippen LogP contribution in [0.4, 0.5) is 17.1 Å². The Morgan fingerprint density at radius 2 is 1.76 bits per heavy atom. The lowest BCUT2D eigenvalue weighted by molar-refractivity contribution is -0.384. The number of benzene rings is 4. The highest BCUT2D eigenvalue weighted by Gasteiger charge is 2.38. The monoisotopic (exact) mass is 587 g/mol. The lowest BCUT2D eigenvalue weighted by Crippen LogP contribution is -2.29. The number of anilines is 2. The molecule has 0 spiro atoms. The third kappa shape index (κ3) is 5.51. The fourth-order valence-corrected chi connectivity index (χ4v) is 6.82. The lowest BCUT2D eigenvalue weighted by atomic mass is 9.77. The second-order valence-electron chi connectivity index (χ2n) is 10.1. The van der Waals surface area contributed by atoms with Crippen LogP contribution < -0.4 is 14.8 Å². The van der Waals surface area contributed by atoms with Gasteiger partial charge in [-0.3, -0.25) is 14.8 Å². The van der Waals surface area contributed by atoms with Crippen LogP contribution in [0.5, 0.6) is 5.75 Å². The molecule has 2 aliphatic rings. The molecule has 0 amide bonds. The Morgan fingerprint density at radius 1 is 1.00 bits per heavy atom. The lowest BCUT2D eigenvalue weighted by Gasteiger charge is -2.37. The molecule has 208 valence electrons. The summed E-state index contributed by atoms with van der Waals surface area (Å²) < 4.78 is 34.9. The van der Waals surface area contributed by atoms with E-state index in [2.05, 4.69) is 22.2 Å². The molecule has 0 fully saturated rings. The standard InChI is InChI=1S/C31H26ClN3O5S/c32-28-6-1-2-7-30(28)34-41(38,39)24-16-17-29-27(18-24)25-4-3-5-26(25)31(33-29)21-10-14-23(15-11-21)40-19-20-8-12-22(13-9-20)35(36)37/h1-4,6-18,25-26,31,33-34H,5,19H2/t25-,26+,31+/m0/s1. The highest BCUT2D eigenvalue weighted by atomic mass is 35.5. The van der Waals surface area contributed by atoms with Gasteiger partial charge >= 0.3 is 0 Å². The molecule has 1 heterocycles. The summed E-state index contributed by atoms with van der Waals surface area (Å²) in [6, 6.07) is 26.2. The summed E-state index contributed by atoms with van der Waals surface area (Å²) in [4.78, 5) is 10.6. The number of hydrogen-bond donors (Lipinski definition) is 2. The van der Waals surface area contributed by atoms with Crippen molar-refractivity contribution in [3.8, 4) is 5.75 Å². The topological polar surface area (TPSA) is 111 Å². The predicted molar refractivity (Wildman–Crippen MR) is 159 cm³/mol. The molecule has 8 nitrogen and oxygen atoms in total. The number of fused-ring (bicyclic) bond motifs is 3. The van der Waals surface area contributed by atoms with Crippen LogP contribution in [-0.4, -0.2) is 13.3 Å². The van der Waals surface area contributed by atoms with Crippen LogP contribution in [0.3, 0.4) is 0 Å². The van der Waals surface area contributed by atoms with Crippen molar-refractivity contribution in [1.82, 2.24) is 0 Å². The number of sulfonamides is 1. The predicted octanol–water partition coefficient (Wildman–Crippen LogP) is 7.45. The molecule has 0 radical (unpaired) electrons. The first-order valence-electron chi connectivity index (χ1n) is 13.1. The molecule has 1 aliphatic heterocycles. The minimum absolute atomic E-state index is 0.0370. The minimum atomic E-state index is -3.83. The number of halogens is 1. The Hall–Kier alpha value is -4.34. The summed E-state index contributed by atoms with van der Waals surface area (Å²) >= 11 is 6.18. The van der Waals surface area contributed by atoms with E-state index in [1.54, 1.807) is 48.5 Å². The van der Waals surface area contributed by atoms with Crippen molar-refractivity contribution in [3.63, 3.8) is 0 Å². The van der Waals surface area contributed by atoms with E-state index in [0.29, 0.717) is 23.1 Å². The van der Waals surface area contributed by atoms with Crippen molar-refractivity contribution in [2.24, 2.45) is 5.92 Å². The van der Waals surface area contributed by atoms with Crippen molar-refractivity contribution in [3.05, 3.63) is 135 Å². The molecular weight excluding hydrogens is 562 g/mol. The van der Waals surface area contributed by atoms with Crippen molar-refractivity contribution < 1.29 is 18.1 Å². The van der Waals surface area contributed by atoms with Gasteiger partial charge in [-0.25, -0.2) is 8.42 Å². The Morgan fingerprint density at radius 3 is 2.49 bits per heavy atom. The Kier molecular flexibility index (Phi) is 7.15. The zero-order valence-corrected chi connectivity index (χ0v) is 23.3. The first kappa shape index (κ1) is 26.9. The van der Waals surface area contributed by atoms with Crippen LogP contribution in [0.2, 0.25) is 5.02 Å². The molecule has 41 heavy (non-hydrogen) atoms. The molecule has 1 aliphatic carbocycles. The maximum atomic E-state index is 13.2. The van der Waals surface area contributed by atoms with Gasteiger partial charge in [0.2, 0.25) is 0 Å². The van der Waals surface area contributed by atoms with Crippen LogP contribution in [-0.2, 0) is 16.6 Å². The van der Waals surface area contributed by atoms with Crippen LogP contribution in [0, 0.1) is 16.0 Å². The van der Waals surface area contributed by atoms with Gasteiger partial charge in [0.1, 0.15) is 12.4 Å². The second-order valence-corrected chi connectivity index (χ2v) is 12.2. The number of allylic oxidation sites excluding steroid dienone is 2. The van der Waals surface area contributed by atoms with Gasteiger partial charge in [-0.2, -0.15) is 0 Å². The molecule has 2 N–H and O–H groups in total. The molecule has 6 rings (SSSR count). The number of nitrogens with one attached hydrogen (secondary N) is 2. The second kappa shape index (κ2) is 10.9. The first-order valence-corrected chi connectivity index (χ1v) is 15.0. The van der Waals surface area contributed by atoms with Gasteiger partial charge in [0, 0.05) is 23.7 Å². The van der Waals surface area contributed by atoms with Crippen LogP contribution in [0.15, 0.2) is 108 Å². The van der Waals surface area contributed by atoms with Crippen molar-refractivity contribution >= 4 is 38.7 Å². The fourth-order valence-electron chi connectivity index (χ4n) is 5.47. The summed E-state index contributed by atoms with van der Waals surface area (Å²) in [6.07, 6.45) is 5.19. The van der Waals surface area contributed by atoms with Crippen molar-refractivity contribution in [1.29, 1.82) is 0 Å². The summed E-state index contributed by atoms with van der Waals surface area (Å²) in [5.41, 5.74) is 4.18. The average molecular weight is 588 g/mol. The molecular formula is C31H26ClN3O5S. The van der Waals surface area contributed by atoms with E-state index in [1.165, 1.54) is 12.1 Å². The van der Waals surface area contributed by atoms with Gasteiger partial charge in [0.05, 0.1) is 26.6 Å². The molecule has 4 aromatic rings. The molecule has 0 unspecified atom stereocenters. The maximum Gasteiger partial charge on any atom is 0.269 e. The van der Waals surface area contributed by atoms with Crippen LogP contribution in [0.25, 0.3) is 0 Å². The fraction of sp³-hybridized carbons (Fsp3) is 0.161. The quantitative estimate of drug-likeness (QED) is 0.126. The Bertz CT molecular complexity index is 1740. The number of nitrogens with zero attached hydrogens (tertiary/aromatic N) is 1. The maximum absolute atomic E-state index is 13.2. The molecule has 0 bridgehead atoms. The van der Waals surface area contributed by atoms with Gasteiger partial charge in [0.15, 0.2) is 0 Å². The van der Waals surface area contributed by atoms with E-state index in [4.69, 9.17) is 16.3 Å². The number of nitro groups is 1. The summed E-state index contributed by atoms with van der Waals surface area (Å²) in [5.74, 6) is 0.999. The van der Waals surface area contributed by atoms with E-state index in [1.807, 2.05) is 30.3 Å². The average Bonchev–Trinajstić information content (AvgIpc) is 3.48. The van der Waals surface area contributed by atoms with Gasteiger partial charge in [-0.1, -0.05) is 48.0 Å². The smallest absolute Gasteiger partial charge is 0.269 e. The van der Waals surface area contributed by atoms with Crippen LogP contribution >= 0.6 is 11.6 Å². The van der Waals surface area contributed by atoms with Gasteiger partial charge in [0.25, 0.3) is 15.7 Å². The SMILES string of the molecule is O=[N+]([O-])c1ccc(COc2ccc([C@H]3Nc4ccc(S(=O)(=O)Nc5ccccc5Cl)cc4[C@H]4C=CC[C@H]43)cc2)cc1. The number of para-hydroxylation sites is 1. The summed E-state index contributed by atoms with van der Waals surface area (Å²) in [7, 11) is -3.83. The highest BCUT2D eigenvalue weighted by Crippen LogP contribution is 2.50. The Labute approximate surface area is 242 Å². The third-order valence-electron chi connectivity index (χ3n) is 7.55. The normalized spacial score (nSPS) is 19.1.